The van der Waals surface area contributed by atoms with E-state index in [-0.39, 0.29) is 29.8 Å². The highest BCUT2D eigenvalue weighted by Crippen LogP contribution is 2.21. The molecule has 1 saturated heterocycles. The predicted octanol–water partition coefficient (Wildman–Crippen LogP) is 0.165. The minimum atomic E-state index is -0.484. The van der Waals surface area contributed by atoms with Crippen molar-refractivity contribution in [3.05, 3.63) is 17.8 Å². The fourth-order valence-corrected chi connectivity index (χ4v) is 2.09. The topological polar surface area (TPSA) is 97.5 Å². The number of carbonyl (C=O) groups excluding carboxylic acids is 2. The number of hydrogen-bond acceptors (Lipinski definition) is 6. The van der Waals surface area contributed by atoms with Gasteiger partial charge in [0.1, 0.15) is 11.9 Å². The highest BCUT2D eigenvalue weighted by Gasteiger charge is 2.27. The van der Waals surface area contributed by atoms with Crippen LogP contribution in [0.1, 0.15) is 24.2 Å². The van der Waals surface area contributed by atoms with Crippen molar-refractivity contribution >= 4 is 23.4 Å². The Labute approximate surface area is 117 Å². The molecule has 1 aromatic rings. The highest BCUT2D eigenvalue weighted by molar-refractivity contribution is 5.96. The zero-order chi connectivity index (χ0) is 14.7. The van der Waals surface area contributed by atoms with Gasteiger partial charge in [0, 0.05) is 13.1 Å². The maximum Gasteiger partial charge on any atom is 0.340 e. The zero-order valence-electron chi connectivity index (χ0n) is 11.5. The van der Waals surface area contributed by atoms with Crippen molar-refractivity contribution in [3.63, 3.8) is 0 Å². The minimum absolute atomic E-state index is 0.0624. The second kappa shape index (κ2) is 5.77. The molecule has 3 N–H and O–H groups in total. The van der Waals surface area contributed by atoms with E-state index in [4.69, 9.17) is 10.5 Å². The van der Waals surface area contributed by atoms with Gasteiger partial charge in [-0.3, -0.25) is 4.79 Å². The molecule has 2 rings (SSSR count). The first-order valence-electron chi connectivity index (χ1n) is 6.51. The summed E-state index contributed by atoms with van der Waals surface area (Å²) in [5, 5.41) is 2.78. The van der Waals surface area contributed by atoms with Crippen LogP contribution in [-0.4, -0.2) is 42.6 Å². The smallest absolute Gasteiger partial charge is 0.340 e. The standard InChI is InChI=1S/C13H18N4O3/c1-3-20-13(19)9-6-11(16-7-10(9)14)17-5-4-15-12(18)8(17)2/h6-8H,3-5,14H2,1-2H3,(H,15,18). The summed E-state index contributed by atoms with van der Waals surface area (Å²) in [5.41, 5.74) is 6.29. The molecule has 1 atom stereocenters. The van der Waals surface area contributed by atoms with Gasteiger partial charge in [-0.05, 0) is 19.9 Å². The number of piperazine rings is 1. The van der Waals surface area contributed by atoms with Crippen LogP contribution in [0.5, 0.6) is 0 Å². The number of pyridine rings is 1. The van der Waals surface area contributed by atoms with Gasteiger partial charge in [0.25, 0.3) is 0 Å². The number of anilines is 2. The number of ether oxygens (including phenoxy) is 1. The molecule has 0 radical (unpaired) electrons. The quantitative estimate of drug-likeness (QED) is 0.765. The van der Waals surface area contributed by atoms with Crippen molar-refractivity contribution in [1.82, 2.24) is 10.3 Å². The Bertz CT molecular complexity index is 532. The minimum Gasteiger partial charge on any atom is -0.462 e. The molecule has 7 heteroatoms. The Balaban J connectivity index is 2.31. The van der Waals surface area contributed by atoms with E-state index in [9.17, 15) is 9.59 Å². The lowest BCUT2D eigenvalue weighted by Crippen LogP contribution is -2.54. The van der Waals surface area contributed by atoms with Gasteiger partial charge in [-0.15, -0.1) is 0 Å². The second-order valence-electron chi connectivity index (χ2n) is 4.51. The highest BCUT2D eigenvalue weighted by atomic mass is 16.5. The molecule has 20 heavy (non-hydrogen) atoms. The van der Waals surface area contributed by atoms with Crippen LogP contribution in [0.2, 0.25) is 0 Å². The van der Waals surface area contributed by atoms with Gasteiger partial charge >= 0.3 is 5.97 Å². The third-order valence-electron chi connectivity index (χ3n) is 3.21. The number of nitrogens with two attached hydrogens (primary N) is 1. The molecular formula is C13H18N4O3. The maximum absolute atomic E-state index is 11.8. The fraction of sp³-hybridized carbons (Fsp3) is 0.462. The lowest BCUT2D eigenvalue weighted by atomic mass is 10.1. The summed E-state index contributed by atoms with van der Waals surface area (Å²) in [4.78, 5) is 29.5. The predicted molar refractivity (Wildman–Crippen MR) is 74.4 cm³/mol. The molecule has 1 aliphatic heterocycles. The van der Waals surface area contributed by atoms with Crippen LogP contribution in [0.4, 0.5) is 11.5 Å². The van der Waals surface area contributed by atoms with Crippen molar-refractivity contribution < 1.29 is 14.3 Å². The lowest BCUT2D eigenvalue weighted by molar-refractivity contribution is -0.122. The monoisotopic (exact) mass is 278 g/mol. The maximum atomic E-state index is 11.8. The van der Waals surface area contributed by atoms with E-state index in [0.29, 0.717) is 18.9 Å². The third-order valence-corrected chi connectivity index (χ3v) is 3.21. The van der Waals surface area contributed by atoms with Crippen molar-refractivity contribution in [2.75, 3.05) is 30.3 Å². The molecular weight excluding hydrogens is 260 g/mol. The summed E-state index contributed by atoms with van der Waals surface area (Å²) < 4.78 is 4.95. The molecule has 1 aromatic heterocycles. The summed E-state index contributed by atoms with van der Waals surface area (Å²) in [6, 6.07) is 1.23. The van der Waals surface area contributed by atoms with E-state index in [2.05, 4.69) is 10.3 Å². The van der Waals surface area contributed by atoms with Gasteiger partial charge in [0.15, 0.2) is 0 Å². The number of hydrogen-bond donors (Lipinski definition) is 2. The number of carbonyl (C=O) groups is 2. The van der Waals surface area contributed by atoms with Crippen LogP contribution in [0, 0.1) is 0 Å². The summed E-state index contributed by atoms with van der Waals surface area (Å²) in [7, 11) is 0. The fourth-order valence-electron chi connectivity index (χ4n) is 2.09. The first-order valence-corrected chi connectivity index (χ1v) is 6.51. The molecule has 0 aliphatic carbocycles. The van der Waals surface area contributed by atoms with E-state index in [1.54, 1.807) is 19.9 Å². The number of nitrogens with one attached hydrogen (secondary N) is 1. The van der Waals surface area contributed by atoms with Crippen molar-refractivity contribution in [2.24, 2.45) is 0 Å². The van der Waals surface area contributed by atoms with E-state index in [1.165, 1.54) is 6.20 Å². The molecule has 1 amide bonds. The number of aromatic nitrogens is 1. The first kappa shape index (κ1) is 14.1. The van der Waals surface area contributed by atoms with Gasteiger partial charge in [0.05, 0.1) is 24.1 Å². The molecule has 0 bridgehead atoms. The Kier molecular flexibility index (Phi) is 4.07. The van der Waals surface area contributed by atoms with Crippen LogP contribution >= 0.6 is 0 Å². The molecule has 1 fully saturated rings. The van der Waals surface area contributed by atoms with Crippen LogP contribution in [-0.2, 0) is 9.53 Å². The second-order valence-corrected chi connectivity index (χ2v) is 4.51. The summed E-state index contributed by atoms with van der Waals surface area (Å²) in [6.07, 6.45) is 1.42. The van der Waals surface area contributed by atoms with Crippen molar-refractivity contribution in [3.8, 4) is 0 Å². The lowest BCUT2D eigenvalue weighted by Gasteiger charge is -2.33. The van der Waals surface area contributed by atoms with Crippen LogP contribution in [0.25, 0.3) is 0 Å². The Morgan fingerprint density at radius 3 is 3.10 bits per heavy atom. The van der Waals surface area contributed by atoms with Crippen molar-refractivity contribution in [1.29, 1.82) is 0 Å². The molecule has 7 nitrogen and oxygen atoms in total. The Morgan fingerprint density at radius 2 is 2.40 bits per heavy atom. The van der Waals surface area contributed by atoms with Gasteiger partial charge in [-0.2, -0.15) is 0 Å². The van der Waals surface area contributed by atoms with Crippen LogP contribution in [0.3, 0.4) is 0 Å². The average Bonchev–Trinajstić information content (AvgIpc) is 2.43. The van der Waals surface area contributed by atoms with Gasteiger partial charge in [-0.25, -0.2) is 9.78 Å². The van der Waals surface area contributed by atoms with Gasteiger partial charge in [-0.1, -0.05) is 0 Å². The number of amides is 1. The van der Waals surface area contributed by atoms with E-state index in [0.717, 1.165) is 0 Å². The first-order chi connectivity index (χ1) is 9.54. The van der Waals surface area contributed by atoms with Crippen LogP contribution in [0.15, 0.2) is 12.3 Å². The molecule has 1 unspecified atom stereocenters. The number of nitrogen functional groups attached to an aromatic ring is 1. The molecule has 2 heterocycles. The molecule has 0 saturated carbocycles. The number of rotatable bonds is 3. The normalized spacial score (nSPS) is 18.6. The van der Waals surface area contributed by atoms with E-state index in [1.807, 2.05) is 4.90 Å². The van der Waals surface area contributed by atoms with Crippen LogP contribution < -0.4 is 16.0 Å². The third kappa shape index (κ3) is 2.66. The van der Waals surface area contributed by atoms with Gasteiger partial charge in [0.2, 0.25) is 5.91 Å². The SMILES string of the molecule is CCOC(=O)c1cc(N2CCNC(=O)C2C)ncc1N. The average molecular weight is 278 g/mol. The number of nitrogens with zero attached hydrogens (tertiary/aromatic N) is 2. The summed E-state index contributed by atoms with van der Waals surface area (Å²) in [5.74, 6) is -0.0000678. The zero-order valence-corrected chi connectivity index (χ0v) is 11.5. The largest absolute Gasteiger partial charge is 0.462 e. The van der Waals surface area contributed by atoms with E-state index < -0.39 is 5.97 Å². The molecule has 108 valence electrons. The van der Waals surface area contributed by atoms with Gasteiger partial charge < -0.3 is 20.7 Å². The number of esters is 1. The molecule has 0 aromatic carbocycles. The Morgan fingerprint density at radius 1 is 1.65 bits per heavy atom. The summed E-state index contributed by atoms with van der Waals surface area (Å²) in [6.45, 7) is 4.97. The molecule has 1 aliphatic rings. The van der Waals surface area contributed by atoms with E-state index >= 15 is 0 Å². The van der Waals surface area contributed by atoms with Crippen molar-refractivity contribution in [2.45, 2.75) is 19.9 Å². The summed E-state index contributed by atoms with van der Waals surface area (Å²) >= 11 is 0. The molecule has 0 spiro atoms. The Hall–Kier alpha value is -2.31.